The number of allylic oxidation sites excluding steroid dienone is 1. The minimum absolute atomic E-state index is 0.0731. The molecule has 2 amide bonds. The Labute approximate surface area is 319 Å². The van der Waals surface area contributed by atoms with E-state index in [1.807, 2.05) is 32.0 Å². The third-order valence-electron chi connectivity index (χ3n) is 12.6. The molecule has 9 atom stereocenters. The molecular weight excluding hydrogens is 710 g/mol. The monoisotopic (exact) mass is 761 g/mol. The number of carbonyl (C=O) groups excluding carboxylic acids is 2. The third-order valence-corrected chi connectivity index (χ3v) is 15.2. The average molecular weight is 762 g/mol. The van der Waals surface area contributed by atoms with Crippen LogP contribution in [0.15, 0.2) is 65.3 Å². The standard InChI is InChI=1S/C41H52ClN5O5S/c1-7-47-22-31(20-43-47)40(49)45-53(50)28(5)25(2)9-8-10-37(51-6)33-14-11-30(33)21-46-23-41(19-26(3)27(4)34-18-32(42)13-15-35(34)41)24-52-38-16-12-29(17-36(38)46)39(48)44-53/h8,10,12-13,15-18,20,22,25-28,30,33,37H,7,9,11,14,19,21,23-24H2,1-6H3,(H,44,45,48,49,50)/b10-8+/t25-,26-,27-,28+,30-,33+,37-,41-,53?/m0/s1. The molecule has 2 aliphatic carbocycles. The molecule has 1 N–H and O–H groups in total. The number of methoxy groups -OCH3 is 1. The number of fused-ring (bicyclic) bond motifs is 4. The molecule has 53 heavy (non-hydrogen) atoms. The molecule has 1 aromatic heterocycles. The minimum Gasteiger partial charge on any atom is -0.490 e. The zero-order chi connectivity index (χ0) is 37.7. The van der Waals surface area contributed by atoms with E-state index >= 15 is 0 Å². The van der Waals surface area contributed by atoms with Crippen molar-refractivity contribution in [3.8, 4) is 5.75 Å². The molecule has 284 valence electrons. The maximum absolute atomic E-state index is 14.9. The number of ether oxygens (including phenoxy) is 2. The molecule has 3 aromatic rings. The molecule has 0 radical (unpaired) electrons. The van der Waals surface area contributed by atoms with Crippen LogP contribution >= 0.6 is 11.6 Å². The number of nitrogens with zero attached hydrogens (tertiary/aromatic N) is 4. The van der Waals surface area contributed by atoms with Gasteiger partial charge in [-0.1, -0.05) is 50.6 Å². The van der Waals surface area contributed by atoms with Crippen LogP contribution in [-0.4, -0.2) is 64.0 Å². The van der Waals surface area contributed by atoms with Gasteiger partial charge < -0.3 is 14.4 Å². The maximum Gasteiger partial charge on any atom is 0.286 e. The van der Waals surface area contributed by atoms with Gasteiger partial charge in [-0.2, -0.15) is 5.10 Å². The number of nitrogens with one attached hydrogen (secondary N) is 1. The first-order valence-corrected chi connectivity index (χ1v) is 21.0. The van der Waals surface area contributed by atoms with Crippen LogP contribution in [0, 0.1) is 23.7 Å². The summed E-state index contributed by atoms with van der Waals surface area (Å²) in [5.74, 6) is 0.732. The molecule has 12 heteroatoms. The van der Waals surface area contributed by atoms with E-state index in [4.69, 9.17) is 21.1 Å². The highest BCUT2D eigenvalue weighted by molar-refractivity contribution is 7.93. The topological polar surface area (TPSA) is 115 Å². The van der Waals surface area contributed by atoms with Gasteiger partial charge >= 0.3 is 0 Å². The van der Waals surface area contributed by atoms with Crippen LogP contribution in [0.3, 0.4) is 0 Å². The quantitative estimate of drug-likeness (QED) is 0.270. The van der Waals surface area contributed by atoms with Gasteiger partial charge in [-0.05, 0) is 111 Å². The molecule has 1 spiro atoms. The maximum atomic E-state index is 14.9. The summed E-state index contributed by atoms with van der Waals surface area (Å²) in [6, 6.07) is 11.7. The second kappa shape index (κ2) is 14.9. The van der Waals surface area contributed by atoms with E-state index in [1.165, 1.54) is 17.3 Å². The molecule has 2 aromatic carbocycles. The number of hydrogen-bond acceptors (Lipinski definition) is 7. The van der Waals surface area contributed by atoms with E-state index in [1.54, 1.807) is 31.0 Å². The van der Waals surface area contributed by atoms with Crippen LogP contribution in [0.2, 0.25) is 5.02 Å². The van der Waals surface area contributed by atoms with E-state index < -0.39 is 27.0 Å². The second-order valence-corrected chi connectivity index (χ2v) is 18.6. The molecule has 1 fully saturated rings. The SMILES string of the molecule is CCn1cc(C(=O)NS2(=O)=NC(=O)c3ccc4c(c3)N(C[C@@H]3CC[C@H]3[C@@H](OC)/C=C/C[C@H](C)[C@H]2C)C[C@]2(CO4)C[C@H](C)[C@H](C)c3cc(Cl)ccc32)cn1. The van der Waals surface area contributed by atoms with Crippen molar-refractivity contribution < 1.29 is 23.3 Å². The molecular formula is C41H52ClN5O5S. The number of rotatable bonds is 4. The van der Waals surface area contributed by atoms with Gasteiger partial charge in [-0.25, -0.2) is 4.21 Å². The molecule has 10 nitrogen and oxygen atoms in total. The number of carbonyl (C=O) groups is 2. The number of amides is 2. The smallest absolute Gasteiger partial charge is 0.286 e. The van der Waals surface area contributed by atoms with E-state index in [2.05, 4.69) is 57.2 Å². The summed E-state index contributed by atoms with van der Waals surface area (Å²) >= 11 is 6.57. The van der Waals surface area contributed by atoms with E-state index in [0.29, 0.717) is 61.1 Å². The summed E-state index contributed by atoms with van der Waals surface area (Å²) in [5, 5.41) is 4.28. The lowest BCUT2D eigenvalue weighted by Crippen LogP contribution is -2.51. The fourth-order valence-corrected chi connectivity index (χ4v) is 10.9. The lowest BCUT2D eigenvalue weighted by Gasteiger charge is -2.48. The molecule has 4 aliphatic rings. The van der Waals surface area contributed by atoms with Crippen molar-refractivity contribution in [2.45, 2.75) is 89.5 Å². The lowest BCUT2D eigenvalue weighted by molar-refractivity contribution is 0.0130. The number of anilines is 1. The summed E-state index contributed by atoms with van der Waals surface area (Å²) < 4.78 is 36.4. The van der Waals surface area contributed by atoms with Crippen LogP contribution in [0.1, 0.15) is 98.1 Å². The Morgan fingerprint density at radius 3 is 2.66 bits per heavy atom. The molecule has 0 saturated heterocycles. The first kappa shape index (κ1) is 37.6. The van der Waals surface area contributed by atoms with Crippen LogP contribution in [0.5, 0.6) is 5.75 Å². The average Bonchev–Trinajstić information content (AvgIpc) is 3.57. The predicted molar refractivity (Wildman–Crippen MR) is 209 cm³/mol. The highest BCUT2D eigenvalue weighted by atomic mass is 35.5. The number of aromatic nitrogens is 2. The van der Waals surface area contributed by atoms with Crippen molar-refractivity contribution in [2.75, 3.05) is 31.7 Å². The summed E-state index contributed by atoms with van der Waals surface area (Å²) in [6.45, 7) is 12.8. The highest BCUT2D eigenvalue weighted by Crippen LogP contribution is 2.51. The minimum atomic E-state index is -3.61. The number of benzene rings is 2. The zero-order valence-corrected chi connectivity index (χ0v) is 33.2. The van der Waals surface area contributed by atoms with Gasteiger partial charge in [0.15, 0.2) is 0 Å². The third kappa shape index (κ3) is 7.16. The van der Waals surface area contributed by atoms with Gasteiger partial charge in [0.05, 0.1) is 35.4 Å². The molecule has 1 saturated carbocycles. The first-order valence-electron chi connectivity index (χ1n) is 19.0. The molecule has 7 rings (SSSR count). The zero-order valence-electron chi connectivity index (χ0n) is 31.6. The van der Waals surface area contributed by atoms with Crippen LogP contribution in [0.25, 0.3) is 0 Å². The van der Waals surface area contributed by atoms with Crippen molar-refractivity contribution in [1.29, 1.82) is 0 Å². The molecule has 2 bridgehead atoms. The largest absolute Gasteiger partial charge is 0.490 e. The van der Waals surface area contributed by atoms with Crippen LogP contribution < -0.4 is 14.4 Å². The Morgan fingerprint density at radius 1 is 1.13 bits per heavy atom. The van der Waals surface area contributed by atoms with Crippen LogP contribution in [0.4, 0.5) is 5.69 Å². The van der Waals surface area contributed by atoms with Crippen molar-refractivity contribution in [3.05, 3.63) is 88.2 Å². The Morgan fingerprint density at radius 2 is 1.94 bits per heavy atom. The van der Waals surface area contributed by atoms with Gasteiger partial charge in [-0.15, -0.1) is 4.36 Å². The molecule has 1 unspecified atom stereocenters. The van der Waals surface area contributed by atoms with Gasteiger partial charge in [0.2, 0.25) is 0 Å². The highest BCUT2D eigenvalue weighted by Gasteiger charge is 2.47. The van der Waals surface area contributed by atoms with Gasteiger partial charge in [0.1, 0.15) is 15.7 Å². The fourth-order valence-electron chi connectivity index (χ4n) is 8.87. The summed E-state index contributed by atoms with van der Waals surface area (Å²) in [5.41, 5.74) is 3.59. The van der Waals surface area contributed by atoms with Crippen molar-refractivity contribution in [1.82, 2.24) is 14.5 Å². The number of halogens is 1. The normalized spacial score (nSPS) is 33.4. The summed E-state index contributed by atoms with van der Waals surface area (Å²) in [7, 11) is -1.84. The van der Waals surface area contributed by atoms with Crippen molar-refractivity contribution >= 4 is 39.0 Å². The number of hydrogen-bond donors (Lipinski definition) is 1. The first-order chi connectivity index (χ1) is 25.3. The number of aryl methyl sites for hydroxylation is 1. The van der Waals surface area contributed by atoms with Crippen molar-refractivity contribution in [3.63, 3.8) is 0 Å². The van der Waals surface area contributed by atoms with Gasteiger partial charge in [-0.3, -0.25) is 19.0 Å². The Kier molecular flexibility index (Phi) is 10.6. The van der Waals surface area contributed by atoms with Gasteiger partial charge in [0.25, 0.3) is 11.8 Å². The predicted octanol–water partition coefficient (Wildman–Crippen LogP) is 7.82. The van der Waals surface area contributed by atoms with E-state index in [-0.39, 0.29) is 23.0 Å². The van der Waals surface area contributed by atoms with E-state index in [9.17, 15) is 13.8 Å². The van der Waals surface area contributed by atoms with E-state index in [0.717, 1.165) is 36.5 Å². The molecule has 2 aliphatic heterocycles. The molecule has 3 heterocycles. The van der Waals surface area contributed by atoms with Gasteiger partial charge in [0, 0.05) is 48.9 Å². The van der Waals surface area contributed by atoms with Crippen LogP contribution in [-0.2, 0) is 26.6 Å². The Balaban J connectivity index is 1.33. The Hall–Kier alpha value is -3.67. The van der Waals surface area contributed by atoms with Crippen molar-refractivity contribution in [2.24, 2.45) is 28.0 Å². The second-order valence-electron chi connectivity index (χ2n) is 15.9. The lowest BCUT2D eigenvalue weighted by atomic mass is 9.62. The summed E-state index contributed by atoms with van der Waals surface area (Å²) in [4.78, 5) is 30.1. The Bertz CT molecular complexity index is 2040. The fraction of sp³-hybridized carbons (Fsp3) is 0.537. The summed E-state index contributed by atoms with van der Waals surface area (Å²) in [6.07, 6.45) is 10.8.